The Balaban J connectivity index is 1.52. The summed E-state index contributed by atoms with van der Waals surface area (Å²) in [5.74, 6) is 1.09. The summed E-state index contributed by atoms with van der Waals surface area (Å²) >= 11 is 3.32. The molecule has 1 amide bonds. The standard InChI is InChI=1S/C19H14BrN3O5/c20-14-2-1-3-16(10-14)27-12-19(24)22-21-11-17-8-9-18(28-17)13-4-6-15(7-5-13)23(25)26/h1-11H,12H2,(H,22,24)/b21-11+. The third-order valence-corrected chi connectivity index (χ3v) is 4.03. The average molecular weight is 444 g/mol. The van der Waals surface area contributed by atoms with Crippen molar-refractivity contribution in [2.45, 2.75) is 0 Å². The summed E-state index contributed by atoms with van der Waals surface area (Å²) in [5.41, 5.74) is 3.04. The lowest BCUT2D eigenvalue weighted by Gasteiger charge is -2.04. The van der Waals surface area contributed by atoms with E-state index in [9.17, 15) is 14.9 Å². The largest absolute Gasteiger partial charge is 0.484 e. The molecule has 0 aliphatic heterocycles. The number of nitro groups is 1. The summed E-state index contributed by atoms with van der Waals surface area (Å²) in [6.45, 7) is -0.181. The zero-order valence-corrected chi connectivity index (χ0v) is 16.0. The third-order valence-electron chi connectivity index (χ3n) is 3.54. The highest BCUT2D eigenvalue weighted by Crippen LogP contribution is 2.24. The summed E-state index contributed by atoms with van der Waals surface area (Å²) in [6.07, 6.45) is 1.35. The number of carbonyl (C=O) groups excluding carboxylic acids is 1. The number of nitrogens with zero attached hydrogens (tertiary/aromatic N) is 2. The van der Waals surface area contributed by atoms with E-state index in [1.54, 1.807) is 42.5 Å². The lowest BCUT2D eigenvalue weighted by atomic mass is 10.1. The normalized spacial score (nSPS) is 10.8. The van der Waals surface area contributed by atoms with Crippen LogP contribution in [0.3, 0.4) is 0 Å². The van der Waals surface area contributed by atoms with E-state index in [2.05, 4.69) is 26.5 Å². The third kappa shape index (κ3) is 5.27. The molecule has 0 saturated heterocycles. The predicted molar refractivity (Wildman–Crippen MR) is 106 cm³/mol. The Labute approximate surface area is 168 Å². The molecular weight excluding hydrogens is 430 g/mol. The Bertz CT molecular complexity index is 1010. The van der Waals surface area contributed by atoms with Gasteiger partial charge in [0.05, 0.1) is 11.1 Å². The van der Waals surface area contributed by atoms with Crippen LogP contribution in [0.1, 0.15) is 5.76 Å². The summed E-state index contributed by atoms with van der Waals surface area (Å²) in [6, 6.07) is 16.5. The molecular formula is C19H14BrN3O5. The molecule has 1 heterocycles. The maximum absolute atomic E-state index is 11.8. The minimum Gasteiger partial charge on any atom is -0.484 e. The van der Waals surface area contributed by atoms with E-state index < -0.39 is 10.8 Å². The molecule has 28 heavy (non-hydrogen) atoms. The van der Waals surface area contributed by atoms with Crippen molar-refractivity contribution in [3.05, 3.63) is 81.0 Å². The highest BCUT2D eigenvalue weighted by Gasteiger charge is 2.08. The summed E-state index contributed by atoms with van der Waals surface area (Å²) in [7, 11) is 0. The quantitative estimate of drug-likeness (QED) is 0.335. The predicted octanol–water partition coefficient (Wildman–Crippen LogP) is 4.15. The number of rotatable bonds is 7. The number of ether oxygens (including phenoxy) is 1. The molecule has 142 valence electrons. The zero-order valence-electron chi connectivity index (χ0n) is 14.4. The molecule has 0 bridgehead atoms. The van der Waals surface area contributed by atoms with E-state index in [1.807, 2.05) is 6.07 Å². The highest BCUT2D eigenvalue weighted by molar-refractivity contribution is 9.10. The molecule has 1 aromatic heterocycles. The maximum Gasteiger partial charge on any atom is 0.277 e. The number of carbonyl (C=O) groups is 1. The number of hydrogen-bond acceptors (Lipinski definition) is 6. The van der Waals surface area contributed by atoms with Gasteiger partial charge in [0.1, 0.15) is 17.3 Å². The zero-order chi connectivity index (χ0) is 19.9. The van der Waals surface area contributed by atoms with E-state index >= 15 is 0 Å². The van der Waals surface area contributed by atoms with Crippen molar-refractivity contribution in [3.8, 4) is 17.1 Å². The number of nitrogens with one attached hydrogen (secondary N) is 1. The van der Waals surface area contributed by atoms with E-state index in [4.69, 9.17) is 9.15 Å². The van der Waals surface area contributed by atoms with Crippen LogP contribution in [0.2, 0.25) is 0 Å². The fraction of sp³-hybridized carbons (Fsp3) is 0.0526. The van der Waals surface area contributed by atoms with Gasteiger partial charge in [-0.2, -0.15) is 5.10 Å². The minimum atomic E-state index is -0.465. The van der Waals surface area contributed by atoms with E-state index in [1.165, 1.54) is 18.3 Å². The van der Waals surface area contributed by atoms with Gasteiger partial charge in [-0.05, 0) is 42.5 Å². The number of furan rings is 1. The van der Waals surface area contributed by atoms with Crippen molar-refractivity contribution in [2.24, 2.45) is 5.10 Å². The second-order valence-electron chi connectivity index (χ2n) is 5.55. The number of hydrogen-bond donors (Lipinski definition) is 1. The average Bonchev–Trinajstić information content (AvgIpc) is 3.15. The van der Waals surface area contributed by atoms with E-state index in [0.29, 0.717) is 22.8 Å². The maximum atomic E-state index is 11.8. The Morgan fingerprint density at radius 2 is 2.00 bits per heavy atom. The first kappa shape index (κ1) is 19.3. The van der Waals surface area contributed by atoms with Gasteiger partial charge < -0.3 is 9.15 Å². The summed E-state index contributed by atoms with van der Waals surface area (Å²) in [5, 5.41) is 14.5. The van der Waals surface area contributed by atoms with Crippen LogP contribution < -0.4 is 10.2 Å². The summed E-state index contributed by atoms with van der Waals surface area (Å²) in [4.78, 5) is 22.0. The Hall–Kier alpha value is -3.46. The number of non-ortho nitro benzene ring substituents is 1. The monoisotopic (exact) mass is 443 g/mol. The molecule has 0 aliphatic carbocycles. The Kier molecular flexibility index (Phi) is 6.18. The summed E-state index contributed by atoms with van der Waals surface area (Å²) < 4.78 is 11.8. The fourth-order valence-electron chi connectivity index (χ4n) is 2.23. The molecule has 0 saturated carbocycles. The molecule has 0 unspecified atom stereocenters. The minimum absolute atomic E-state index is 0.00452. The van der Waals surface area contributed by atoms with Gasteiger partial charge in [-0.1, -0.05) is 22.0 Å². The molecule has 8 nitrogen and oxygen atoms in total. The van der Waals surface area contributed by atoms with Gasteiger partial charge in [0.25, 0.3) is 11.6 Å². The van der Waals surface area contributed by atoms with Crippen molar-refractivity contribution < 1.29 is 18.9 Å². The van der Waals surface area contributed by atoms with Gasteiger partial charge in [0.2, 0.25) is 0 Å². The molecule has 2 aromatic carbocycles. The molecule has 0 atom stereocenters. The van der Waals surface area contributed by atoms with Crippen LogP contribution in [0.4, 0.5) is 5.69 Å². The number of halogens is 1. The fourth-order valence-corrected chi connectivity index (χ4v) is 2.61. The van der Waals surface area contributed by atoms with Crippen LogP contribution in [0, 0.1) is 10.1 Å². The first-order chi connectivity index (χ1) is 13.5. The lowest BCUT2D eigenvalue weighted by molar-refractivity contribution is -0.384. The van der Waals surface area contributed by atoms with E-state index in [-0.39, 0.29) is 12.3 Å². The van der Waals surface area contributed by atoms with Crippen molar-refractivity contribution in [3.63, 3.8) is 0 Å². The van der Waals surface area contributed by atoms with Gasteiger partial charge in [-0.15, -0.1) is 0 Å². The molecule has 3 rings (SSSR count). The van der Waals surface area contributed by atoms with Crippen LogP contribution in [0.5, 0.6) is 5.75 Å². The Morgan fingerprint density at radius 3 is 2.71 bits per heavy atom. The number of benzene rings is 2. The second-order valence-corrected chi connectivity index (χ2v) is 6.46. The van der Waals surface area contributed by atoms with Gasteiger partial charge in [-0.3, -0.25) is 14.9 Å². The van der Waals surface area contributed by atoms with Crippen LogP contribution in [-0.2, 0) is 4.79 Å². The molecule has 1 N–H and O–H groups in total. The highest BCUT2D eigenvalue weighted by atomic mass is 79.9. The Morgan fingerprint density at radius 1 is 1.21 bits per heavy atom. The van der Waals surface area contributed by atoms with Crippen LogP contribution in [0.15, 0.2) is 74.7 Å². The van der Waals surface area contributed by atoms with Gasteiger partial charge in [-0.25, -0.2) is 5.43 Å². The number of hydrazone groups is 1. The van der Waals surface area contributed by atoms with Crippen molar-refractivity contribution in [2.75, 3.05) is 6.61 Å². The first-order valence-electron chi connectivity index (χ1n) is 8.06. The second kappa shape index (κ2) is 8.96. The van der Waals surface area contributed by atoms with Crippen molar-refractivity contribution in [1.82, 2.24) is 5.43 Å². The SMILES string of the molecule is O=C(COc1cccc(Br)c1)N/N=C/c1ccc(-c2ccc([N+](=O)[O-])cc2)o1. The van der Waals surface area contributed by atoms with Gasteiger partial charge in [0.15, 0.2) is 6.61 Å². The molecule has 0 radical (unpaired) electrons. The smallest absolute Gasteiger partial charge is 0.277 e. The van der Waals surface area contributed by atoms with Gasteiger partial charge in [0, 0.05) is 22.2 Å². The number of amides is 1. The molecule has 9 heteroatoms. The van der Waals surface area contributed by atoms with E-state index in [0.717, 1.165) is 4.47 Å². The molecule has 3 aromatic rings. The van der Waals surface area contributed by atoms with Crippen LogP contribution in [0.25, 0.3) is 11.3 Å². The molecule has 0 aliphatic rings. The number of nitro benzene ring substituents is 1. The lowest BCUT2D eigenvalue weighted by Crippen LogP contribution is -2.24. The van der Waals surface area contributed by atoms with Crippen LogP contribution in [-0.4, -0.2) is 23.7 Å². The van der Waals surface area contributed by atoms with Gasteiger partial charge >= 0.3 is 0 Å². The van der Waals surface area contributed by atoms with Crippen molar-refractivity contribution in [1.29, 1.82) is 0 Å². The topological polar surface area (TPSA) is 107 Å². The first-order valence-corrected chi connectivity index (χ1v) is 8.85. The van der Waals surface area contributed by atoms with Crippen LogP contribution >= 0.6 is 15.9 Å². The molecule has 0 fully saturated rings. The van der Waals surface area contributed by atoms with Crippen molar-refractivity contribution >= 4 is 33.7 Å². The molecule has 0 spiro atoms.